The molecule has 1 saturated heterocycles. The van der Waals surface area contributed by atoms with Crippen LogP contribution in [0.25, 0.3) is 0 Å². The van der Waals surface area contributed by atoms with E-state index >= 15 is 0 Å². The Balaban J connectivity index is 2.73. The summed E-state index contributed by atoms with van der Waals surface area (Å²) in [5.74, 6) is 0.610. The summed E-state index contributed by atoms with van der Waals surface area (Å²) in [4.78, 5) is 37.5. The SMILES string of the molecule is CCC(=O)N1CSC[C@H]1C(=O)N[C@@H](C(=O)NC)C(C)C. The normalized spacial score (nSPS) is 19.9. The van der Waals surface area contributed by atoms with Crippen molar-refractivity contribution >= 4 is 29.5 Å². The van der Waals surface area contributed by atoms with Crippen molar-refractivity contribution in [2.45, 2.75) is 39.3 Å². The third kappa shape index (κ3) is 3.88. The number of likely N-dealkylation sites (N-methyl/N-ethyl adjacent to an activating group) is 1. The molecule has 6 nitrogen and oxygen atoms in total. The summed E-state index contributed by atoms with van der Waals surface area (Å²) in [5, 5.41) is 5.31. The van der Waals surface area contributed by atoms with Crippen LogP contribution in [0.15, 0.2) is 0 Å². The van der Waals surface area contributed by atoms with E-state index in [1.54, 1.807) is 30.6 Å². The molecule has 0 unspecified atom stereocenters. The molecule has 0 aromatic rings. The van der Waals surface area contributed by atoms with Crippen molar-refractivity contribution in [1.29, 1.82) is 0 Å². The Morgan fingerprint density at radius 3 is 2.50 bits per heavy atom. The molecule has 0 aliphatic carbocycles. The zero-order chi connectivity index (χ0) is 15.3. The molecule has 0 radical (unpaired) electrons. The van der Waals surface area contributed by atoms with Gasteiger partial charge in [0.1, 0.15) is 12.1 Å². The highest BCUT2D eigenvalue weighted by molar-refractivity contribution is 7.99. The maximum Gasteiger partial charge on any atom is 0.244 e. The fourth-order valence-electron chi connectivity index (χ4n) is 2.05. The number of nitrogens with one attached hydrogen (secondary N) is 2. The van der Waals surface area contributed by atoms with E-state index in [0.717, 1.165) is 0 Å². The van der Waals surface area contributed by atoms with E-state index < -0.39 is 12.1 Å². The monoisotopic (exact) mass is 301 g/mol. The third-order valence-electron chi connectivity index (χ3n) is 3.30. The first kappa shape index (κ1) is 16.8. The van der Waals surface area contributed by atoms with Crippen LogP contribution in [0.2, 0.25) is 0 Å². The Morgan fingerprint density at radius 1 is 1.35 bits per heavy atom. The Morgan fingerprint density at radius 2 is 2.00 bits per heavy atom. The summed E-state index contributed by atoms with van der Waals surface area (Å²) >= 11 is 1.56. The van der Waals surface area contributed by atoms with Crippen molar-refractivity contribution in [3.63, 3.8) is 0 Å². The van der Waals surface area contributed by atoms with Gasteiger partial charge in [-0.05, 0) is 5.92 Å². The van der Waals surface area contributed by atoms with Gasteiger partial charge in [0.05, 0.1) is 5.88 Å². The largest absolute Gasteiger partial charge is 0.357 e. The van der Waals surface area contributed by atoms with Gasteiger partial charge in [-0.25, -0.2) is 0 Å². The van der Waals surface area contributed by atoms with Crippen molar-refractivity contribution in [2.24, 2.45) is 5.92 Å². The van der Waals surface area contributed by atoms with E-state index in [-0.39, 0.29) is 23.6 Å². The van der Waals surface area contributed by atoms with Crippen molar-refractivity contribution < 1.29 is 14.4 Å². The number of hydrogen-bond donors (Lipinski definition) is 2. The number of hydrogen-bond acceptors (Lipinski definition) is 4. The predicted molar refractivity (Wildman–Crippen MR) is 79.1 cm³/mol. The van der Waals surface area contributed by atoms with Gasteiger partial charge in [0.25, 0.3) is 0 Å². The van der Waals surface area contributed by atoms with Crippen molar-refractivity contribution in [2.75, 3.05) is 18.7 Å². The zero-order valence-electron chi connectivity index (χ0n) is 12.4. The number of rotatable bonds is 5. The van der Waals surface area contributed by atoms with Crippen LogP contribution in [-0.4, -0.2) is 53.4 Å². The maximum absolute atomic E-state index is 12.3. The maximum atomic E-state index is 12.3. The second kappa shape index (κ2) is 7.52. The minimum atomic E-state index is -0.573. The predicted octanol–water partition coefficient (Wildman–Crippen LogP) is 0.185. The van der Waals surface area contributed by atoms with Crippen LogP contribution in [0, 0.1) is 5.92 Å². The van der Waals surface area contributed by atoms with Gasteiger partial charge in [-0.1, -0.05) is 20.8 Å². The molecule has 2 N–H and O–H groups in total. The molecule has 0 bridgehead atoms. The van der Waals surface area contributed by atoms with Gasteiger partial charge in [0, 0.05) is 19.2 Å². The van der Waals surface area contributed by atoms with Crippen LogP contribution in [0.5, 0.6) is 0 Å². The van der Waals surface area contributed by atoms with E-state index in [1.807, 2.05) is 13.8 Å². The lowest BCUT2D eigenvalue weighted by Crippen LogP contribution is -2.55. The summed E-state index contributed by atoms with van der Waals surface area (Å²) in [5.41, 5.74) is 0. The number of thioether (sulfide) groups is 1. The van der Waals surface area contributed by atoms with E-state index in [0.29, 0.717) is 18.1 Å². The molecular formula is C13H23N3O3S. The fraction of sp³-hybridized carbons (Fsp3) is 0.769. The Kier molecular flexibility index (Phi) is 6.32. The van der Waals surface area contributed by atoms with E-state index in [9.17, 15) is 14.4 Å². The Hall–Kier alpha value is -1.24. The van der Waals surface area contributed by atoms with Gasteiger partial charge in [0.15, 0.2) is 0 Å². The first-order chi connectivity index (χ1) is 9.42. The highest BCUT2D eigenvalue weighted by Gasteiger charge is 2.36. The second-order valence-electron chi connectivity index (χ2n) is 5.08. The third-order valence-corrected chi connectivity index (χ3v) is 4.31. The van der Waals surface area contributed by atoms with Crippen LogP contribution in [-0.2, 0) is 14.4 Å². The summed E-state index contributed by atoms with van der Waals surface area (Å²) < 4.78 is 0. The van der Waals surface area contributed by atoms with Crippen molar-refractivity contribution in [3.8, 4) is 0 Å². The van der Waals surface area contributed by atoms with Gasteiger partial charge >= 0.3 is 0 Å². The second-order valence-corrected chi connectivity index (χ2v) is 6.08. The van der Waals surface area contributed by atoms with Crippen LogP contribution in [0.3, 0.4) is 0 Å². The minimum Gasteiger partial charge on any atom is -0.357 e. The Labute approximate surface area is 124 Å². The molecule has 20 heavy (non-hydrogen) atoms. The molecule has 2 atom stereocenters. The van der Waals surface area contributed by atoms with E-state index in [1.165, 1.54) is 0 Å². The molecule has 114 valence electrons. The molecule has 7 heteroatoms. The molecule has 1 fully saturated rings. The van der Waals surface area contributed by atoms with Crippen LogP contribution < -0.4 is 10.6 Å². The van der Waals surface area contributed by atoms with Gasteiger partial charge in [-0.2, -0.15) is 0 Å². The Bertz CT molecular complexity index is 387. The highest BCUT2D eigenvalue weighted by Crippen LogP contribution is 2.22. The van der Waals surface area contributed by atoms with Crippen LogP contribution in [0.1, 0.15) is 27.2 Å². The lowest BCUT2D eigenvalue weighted by Gasteiger charge is -2.26. The molecule has 0 spiro atoms. The molecule has 3 amide bonds. The average Bonchev–Trinajstić information content (AvgIpc) is 2.91. The minimum absolute atomic E-state index is 0.0108. The lowest BCUT2D eigenvalue weighted by molar-refractivity contribution is -0.139. The van der Waals surface area contributed by atoms with Gasteiger partial charge < -0.3 is 15.5 Å². The molecule has 0 aromatic heterocycles. The average molecular weight is 301 g/mol. The van der Waals surface area contributed by atoms with Gasteiger partial charge in [-0.15, -0.1) is 11.8 Å². The smallest absolute Gasteiger partial charge is 0.244 e. The van der Waals surface area contributed by atoms with E-state index in [2.05, 4.69) is 10.6 Å². The van der Waals surface area contributed by atoms with Gasteiger partial charge in [-0.3, -0.25) is 14.4 Å². The van der Waals surface area contributed by atoms with Crippen molar-refractivity contribution in [1.82, 2.24) is 15.5 Å². The lowest BCUT2D eigenvalue weighted by atomic mass is 10.0. The molecule has 1 aliphatic rings. The van der Waals surface area contributed by atoms with E-state index in [4.69, 9.17) is 0 Å². The number of amides is 3. The summed E-state index contributed by atoms with van der Waals surface area (Å²) in [6.45, 7) is 5.53. The molecule has 1 aliphatic heterocycles. The molecule has 0 aromatic carbocycles. The topological polar surface area (TPSA) is 78.5 Å². The van der Waals surface area contributed by atoms with Crippen molar-refractivity contribution in [3.05, 3.63) is 0 Å². The van der Waals surface area contributed by atoms with Crippen LogP contribution in [0.4, 0.5) is 0 Å². The van der Waals surface area contributed by atoms with Crippen LogP contribution >= 0.6 is 11.8 Å². The molecular weight excluding hydrogens is 278 g/mol. The standard InChI is InChI=1S/C13H23N3O3S/c1-5-10(17)16-7-20-6-9(16)12(18)15-11(8(2)3)13(19)14-4/h8-9,11H,5-7H2,1-4H3,(H,14,19)(H,15,18)/t9-,11+/m0/s1. The fourth-order valence-corrected chi connectivity index (χ4v) is 3.23. The summed E-state index contributed by atoms with van der Waals surface area (Å²) in [6, 6.07) is -1.05. The molecule has 0 saturated carbocycles. The number of carbonyl (C=O) groups excluding carboxylic acids is 3. The molecule has 1 heterocycles. The summed E-state index contributed by atoms with van der Waals surface area (Å²) in [7, 11) is 1.54. The first-order valence-electron chi connectivity index (χ1n) is 6.81. The highest BCUT2D eigenvalue weighted by atomic mass is 32.2. The zero-order valence-corrected chi connectivity index (χ0v) is 13.3. The first-order valence-corrected chi connectivity index (χ1v) is 7.97. The quantitative estimate of drug-likeness (QED) is 0.759. The van der Waals surface area contributed by atoms with Gasteiger partial charge in [0.2, 0.25) is 17.7 Å². The summed E-state index contributed by atoms with van der Waals surface area (Å²) in [6.07, 6.45) is 0.382. The molecule has 1 rings (SSSR count). The number of nitrogens with zero attached hydrogens (tertiary/aromatic N) is 1. The number of carbonyl (C=O) groups is 3.